The van der Waals surface area contributed by atoms with Gasteiger partial charge in [0.2, 0.25) is 17.7 Å². The number of amides is 4. The maximum atomic E-state index is 12.9. The van der Waals surface area contributed by atoms with Crippen molar-refractivity contribution in [1.29, 1.82) is 0 Å². The van der Waals surface area contributed by atoms with E-state index in [1.54, 1.807) is 35.5 Å². The van der Waals surface area contributed by atoms with Gasteiger partial charge >= 0.3 is 6.09 Å². The van der Waals surface area contributed by atoms with Crippen molar-refractivity contribution in [3.05, 3.63) is 0 Å². The van der Waals surface area contributed by atoms with E-state index in [-0.39, 0.29) is 49.1 Å². The van der Waals surface area contributed by atoms with Crippen LogP contribution in [-0.2, 0) is 19.1 Å². The number of carbonyl (C=O) groups is 4. The molecule has 2 aliphatic rings. The van der Waals surface area contributed by atoms with E-state index >= 15 is 0 Å². The first kappa shape index (κ1) is 24.0. The van der Waals surface area contributed by atoms with Gasteiger partial charge in [-0.2, -0.15) is 0 Å². The van der Waals surface area contributed by atoms with E-state index in [0.717, 1.165) is 0 Å². The minimum atomic E-state index is -0.578. The van der Waals surface area contributed by atoms with Crippen molar-refractivity contribution in [2.45, 2.75) is 65.5 Å². The summed E-state index contributed by atoms with van der Waals surface area (Å²) in [5.41, 5.74) is -0.578. The molecular weight excluding hydrogens is 388 g/mol. The van der Waals surface area contributed by atoms with E-state index in [4.69, 9.17) is 4.74 Å². The van der Waals surface area contributed by atoms with Gasteiger partial charge in [-0.25, -0.2) is 4.79 Å². The molecule has 0 saturated carbocycles. The second-order valence-electron chi connectivity index (χ2n) is 9.28. The van der Waals surface area contributed by atoms with Gasteiger partial charge in [-0.15, -0.1) is 0 Å². The van der Waals surface area contributed by atoms with Crippen LogP contribution in [-0.4, -0.2) is 89.4 Å². The molecule has 2 rings (SSSR count). The number of ether oxygens (including phenoxy) is 1. The molecule has 4 amide bonds. The summed E-state index contributed by atoms with van der Waals surface area (Å²) in [6, 6.07) is 0.0989. The first-order valence-corrected chi connectivity index (χ1v) is 10.8. The molecule has 170 valence electrons. The maximum Gasteiger partial charge on any atom is 0.407 e. The Morgan fingerprint density at radius 2 is 1.73 bits per heavy atom. The second-order valence-corrected chi connectivity index (χ2v) is 9.28. The summed E-state index contributed by atoms with van der Waals surface area (Å²) >= 11 is 0. The van der Waals surface area contributed by atoms with Gasteiger partial charge in [0.25, 0.3) is 0 Å². The van der Waals surface area contributed by atoms with Crippen molar-refractivity contribution in [2.75, 3.05) is 39.3 Å². The second kappa shape index (κ2) is 10.1. The molecule has 1 N–H and O–H groups in total. The SMILES string of the molecule is CC(C)N1CC(C(=O)N2CCCN(C(=O)CCNC(=O)OC(C)(C)C)CC2)CC1=O. The molecule has 2 aliphatic heterocycles. The minimum Gasteiger partial charge on any atom is -0.444 e. The first-order chi connectivity index (χ1) is 14.0. The molecule has 0 spiro atoms. The number of likely N-dealkylation sites (tertiary alicyclic amines) is 1. The van der Waals surface area contributed by atoms with E-state index in [1.165, 1.54) is 0 Å². The van der Waals surface area contributed by atoms with Crippen LogP contribution >= 0.6 is 0 Å². The van der Waals surface area contributed by atoms with E-state index in [9.17, 15) is 19.2 Å². The van der Waals surface area contributed by atoms with E-state index < -0.39 is 11.7 Å². The molecule has 0 aliphatic carbocycles. The Morgan fingerprint density at radius 3 is 2.33 bits per heavy atom. The largest absolute Gasteiger partial charge is 0.444 e. The molecule has 2 fully saturated rings. The average molecular weight is 425 g/mol. The Kier molecular flexibility index (Phi) is 8.09. The van der Waals surface area contributed by atoms with Crippen LogP contribution in [0.1, 0.15) is 53.9 Å². The Morgan fingerprint density at radius 1 is 1.10 bits per heavy atom. The Hall–Kier alpha value is -2.32. The highest BCUT2D eigenvalue weighted by Gasteiger charge is 2.37. The molecule has 2 heterocycles. The van der Waals surface area contributed by atoms with Gasteiger partial charge in [-0.05, 0) is 41.0 Å². The van der Waals surface area contributed by atoms with Gasteiger partial charge < -0.3 is 24.8 Å². The number of alkyl carbamates (subject to hydrolysis) is 1. The highest BCUT2D eigenvalue weighted by molar-refractivity contribution is 5.89. The molecule has 2 saturated heterocycles. The van der Waals surface area contributed by atoms with Gasteiger partial charge in [0.15, 0.2) is 0 Å². The number of hydrogen-bond donors (Lipinski definition) is 1. The molecule has 9 nitrogen and oxygen atoms in total. The fourth-order valence-corrected chi connectivity index (χ4v) is 3.79. The summed E-state index contributed by atoms with van der Waals surface area (Å²) in [6.07, 6.45) is 0.621. The molecule has 9 heteroatoms. The third-order valence-electron chi connectivity index (χ3n) is 5.30. The lowest BCUT2D eigenvalue weighted by molar-refractivity contribution is -0.136. The lowest BCUT2D eigenvalue weighted by Gasteiger charge is -2.25. The van der Waals surface area contributed by atoms with Crippen molar-refractivity contribution in [1.82, 2.24) is 20.0 Å². The van der Waals surface area contributed by atoms with Crippen LogP contribution in [0.2, 0.25) is 0 Å². The molecule has 0 radical (unpaired) electrons. The number of carbonyl (C=O) groups excluding carboxylic acids is 4. The van der Waals surface area contributed by atoms with E-state index in [2.05, 4.69) is 5.32 Å². The summed E-state index contributed by atoms with van der Waals surface area (Å²) in [5, 5.41) is 2.60. The predicted molar refractivity (Wildman–Crippen MR) is 112 cm³/mol. The molecule has 0 aromatic carbocycles. The lowest BCUT2D eigenvalue weighted by atomic mass is 10.1. The Bertz CT molecular complexity index is 658. The quantitative estimate of drug-likeness (QED) is 0.715. The molecule has 0 aromatic heterocycles. The third-order valence-corrected chi connectivity index (χ3v) is 5.30. The molecule has 1 unspecified atom stereocenters. The van der Waals surface area contributed by atoms with Crippen LogP contribution in [0.25, 0.3) is 0 Å². The number of hydrogen-bond acceptors (Lipinski definition) is 5. The van der Waals surface area contributed by atoms with Gasteiger partial charge in [0, 0.05) is 58.2 Å². The summed E-state index contributed by atoms with van der Waals surface area (Å²) in [6.45, 7) is 12.0. The number of nitrogens with one attached hydrogen (secondary N) is 1. The Labute approximate surface area is 179 Å². The van der Waals surface area contributed by atoms with Crippen LogP contribution in [0.3, 0.4) is 0 Å². The summed E-state index contributed by atoms with van der Waals surface area (Å²) < 4.78 is 5.16. The zero-order valence-corrected chi connectivity index (χ0v) is 18.9. The van der Waals surface area contributed by atoms with Gasteiger partial charge in [-0.1, -0.05) is 0 Å². The lowest BCUT2D eigenvalue weighted by Crippen LogP contribution is -2.41. The van der Waals surface area contributed by atoms with Crippen LogP contribution in [0.15, 0.2) is 0 Å². The molecule has 0 aromatic rings. The van der Waals surface area contributed by atoms with Crippen LogP contribution in [0.4, 0.5) is 4.79 Å². The smallest absolute Gasteiger partial charge is 0.407 e. The van der Waals surface area contributed by atoms with Gasteiger partial charge in [-0.3, -0.25) is 14.4 Å². The highest BCUT2D eigenvalue weighted by atomic mass is 16.6. The zero-order chi connectivity index (χ0) is 22.5. The van der Waals surface area contributed by atoms with Crippen molar-refractivity contribution in [3.63, 3.8) is 0 Å². The molecule has 1 atom stereocenters. The standard InChI is InChI=1S/C21H36N4O5/c1-15(2)25-14-16(13-18(25)27)19(28)24-10-6-9-23(11-12-24)17(26)7-8-22-20(29)30-21(3,4)5/h15-16H,6-14H2,1-5H3,(H,22,29). The zero-order valence-electron chi connectivity index (χ0n) is 18.9. The Balaban J connectivity index is 1.78. The van der Waals surface area contributed by atoms with Crippen LogP contribution in [0, 0.1) is 5.92 Å². The van der Waals surface area contributed by atoms with E-state index in [1.807, 2.05) is 13.8 Å². The van der Waals surface area contributed by atoms with Crippen LogP contribution in [0.5, 0.6) is 0 Å². The maximum absolute atomic E-state index is 12.9. The van der Waals surface area contributed by atoms with Crippen molar-refractivity contribution in [2.24, 2.45) is 5.92 Å². The average Bonchev–Trinajstić information content (AvgIpc) is 2.86. The molecular formula is C21H36N4O5. The third kappa shape index (κ3) is 6.88. The predicted octanol–water partition coefficient (Wildman–Crippen LogP) is 1.22. The van der Waals surface area contributed by atoms with Crippen molar-refractivity contribution < 1.29 is 23.9 Å². The molecule has 30 heavy (non-hydrogen) atoms. The topological polar surface area (TPSA) is 99.3 Å². The van der Waals surface area contributed by atoms with Gasteiger partial charge in [0.05, 0.1) is 5.92 Å². The summed E-state index contributed by atoms with van der Waals surface area (Å²) in [5.74, 6) is -0.303. The fraction of sp³-hybridized carbons (Fsp3) is 0.810. The molecule has 0 bridgehead atoms. The van der Waals surface area contributed by atoms with E-state index in [0.29, 0.717) is 39.1 Å². The highest BCUT2D eigenvalue weighted by Crippen LogP contribution is 2.22. The minimum absolute atomic E-state index is 0.00684. The van der Waals surface area contributed by atoms with Crippen LogP contribution < -0.4 is 5.32 Å². The van der Waals surface area contributed by atoms with Crippen molar-refractivity contribution in [3.8, 4) is 0 Å². The fourth-order valence-electron chi connectivity index (χ4n) is 3.79. The summed E-state index contributed by atoms with van der Waals surface area (Å²) in [7, 11) is 0. The number of nitrogens with zero attached hydrogens (tertiary/aromatic N) is 3. The monoisotopic (exact) mass is 424 g/mol. The first-order valence-electron chi connectivity index (χ1n) is 10.8. The van der Waals surface area contributed by atoms with Gasteiger partial charge in [0.1, 0.15) is 5.60 Å². The van der Waals surface area contributed by atoms with Crippen molar-refractivity contribution >= 4 is 23.8 Å². The normalized spacial score (nSPS) is 20.4. The number of rotatable bonds is 5. The summed E-state index contributed by atoms with van der Waals surface area (Å²) in [4.78, 5) is 54.4.